The lowest BCUT2D eigenvalue weighted by molar-refractivity contribution is 0.0774. The number of benzene rings is 1. The monoisotopic (exact) mass is 350 g/mol. The van der Waals surface area contributed by atoms with Crippen LogP contribution in [0.15, 0.2) is 41.0 Å². The summed E-state index contributed by atoms with van der Waals surface area (Å²) >= 11 is 3.39. The summed E-state index contributed by atoms with van der Waals surface area (Å²) < 4.78 is 8.32. The number of amides is 1. The highest BCUT2D eigenvalue weighted by atomic mass is 79.9. The summed E-state index contributed by atoms with van der Waals surface area (Å²) in [5.74, 6) is 0.808. The number of hydrogen-bond acceptors (Lipinski definition) is 2. The molecule has 0 saturated carbocycles. The summed E-state index contributed by atoms with van der Waals surface area (Å²) in [5.41, 5.74) is 1.65. The quantitative estimate of drug-likeness (QED) is 0.827. The Labute approximate surface area is 133 Å². The van der Waals surface area contributed by atoms with Gasteiger partial charge in [-0.2, -0.15) is 0 Å². The van der Waals surface area contributed by atoms with E-state index in [0.29, 0.717) is 18.8 Å². The van der Waals surface area contributed by atoms with E-state index in [4.69, 9.17) is 4.74 Å². The van der Waals surface area contributed by atoms with Crippen molar-refractivity contribution in [3.05, 3.63) is 52.3 Å². The van der Waals surface area contributed by atoms with Gasteiger partial charge in [-0.3, -0.25) is 4.79 Å². The number of aryl methyl sites for hydroxylation is 1. The van der Waals surface area contributed by atoms with Crippen LogP contribution in [0.5, 0.6) is 5.75 Å². The van der Waals surface area contributed by atoms with Gasteiger partial charge in [-0.25, -0.2) is 0 Å². The summed E-state index contributed by atoms with van der Waals surface area (Å²) in [5, 5.41) is 0. The second-order valence-electron chi connectivity index (χ2n) is 4.86. The SMILES string of the molecule is CCOc1ccccc1CN(C)C(=O)c1cc(Br)cn1C. The molecule has 2 aromatic rings. The summed E-state index contributed by atoms with van der Waals surface area (Å²) in [6.45, 7) is 3.07. The predicted molar refractivity (Wildman–Crippen MR) is 86.5 cm³/mol. The Kier molecular flexibility index (Phi) is 5.07. The van der Waals surface area contributed by atoms with E-state index in [-0.39, 0.29) is 5.91 Å². The van der Waals surface area contributed by atoms with E-state index < -0.39 is 0 Å². The lowest BCUT2D eigenvalue weighted by Crippen LogP contribution is -2.28. The molecule has 0 saturated heterocycles. The van der Waals surface area contributed by atoms with E-state index in [1.165, 1.54) is 0 Å². The minimum Gasteiger partial charge on any atom is -0.494 e. The van der Waals surface area contributed by atoms with E-state index in [9.17, 15) is 4.79 Å². The van der Waals surface area contributed by atoms with Crippen LogP contribution >= 0.6 is 15.9 Å². The van der Waals surface area contributed by atoms with Crippen LogP contribution in [0.3, 0.4) is 0 Å². The first-order valence-electron chi connectivity index (χ1n) is 6.81. The molecule has 21 heavy (non-hydrogen) atoms. The second kappa shape index (κ2) is 6.80. The van der Waals surface area contributed by atoms with Crippen molar-refractivity contribution >= 4 is 21.8 Å². The van der Waals surface area contributed by atoms with Gasteiger partial charge >= 0.3 is 0 Å². The molecule has 0 aliphatic carbocycles. The first kappa shape index (κ1) is 15.6. The van der Waals surface area contributed by atoms with Gasteiger partial charge in [0.25, 0.3) is 5.91 Å². The third kappa shape index (κ3) is 3.67. The summed E-state index contributed by atoms with van der Waals surface area (Å²) in [6, 6.07) is 9.62. The Bertz CT molecular complexity index is 637. The lowest BCUT2D eigenvalue weighted by Gasteiger charge is -2.19. The molecule has 0 spiro atoms. The van der Waals surface area contributed by atoms with Crippen LogP contribution in [0.2, 0.25) is 0 Å². The Balaban J connectivity index is 2.16. The standard InChI is InChI=1S/C16H19BrN2O2/c1-4-21-15-8-6-5-7-12(15)10-19(3)16(20)14-9-13(17)11-18(14)2/h5-9,11H,4,10H2,1-3H3. The Hall–Kier alpha value is -1.75. The summed E-state index contributed by atoms with van der Waals surface area (Å²) in [7, 11) is 3.66. The third-order valence-corrected chi connectivity index (χ3v) is 3.65. The van der Waals surface area contributed by atoms with Crippen LogP contribution in [-0.4, -0.2) is 29.0 Å². The number of halogens is 1. The highest BCUT2D eigenvalue weighted by Crippen LogP contribution is 2.21. The van der Waals surface area contributed by atoms with Crippen LogP contribution in [0.4, 0.5) is 0 Å². The zero-order chi connectivity index (χ0) is 15.4. The fourth-order valence-electron chi connectivity index (χ4n) is 2.19. The maximum Gasteiger partial charge on any atom is 0.270 e. The molecule has 0 radical (unpaired) electrons. The van der Waals surface area contributed by atoms with Crippen molar-refractivity contribution in [3.63, 3.8) is 0 Å². The average molecular weight is 351 g/mol. The first-order valence-corrected chi connectivity index (χ1v) is 7.60. The van der Waals surface area contributed by atoms with Crippen LogP contribution in [0, 0.1) is 0 Å². The van der Waals surface area contributed by atoms with Crippen molar-refractivity contribution in [2.75, 3.05) is 13.7 Å². The first-order chi connectivity index (χ1) is 10.0. The topological polar surface area (TPSA) is 34.5 Å². The zero-order valence-corrected chi connectivity index (χ0v) is 14.1. The van der Waals surface area contributed by atoms with E-state index in [0.717, 1.165) is 15.8 Å². The fraction of sp³-hybridized carbons (Fsp3) is 0.312. The molecule has 0 unspecified atom stereocenters. The van der Waals surface area contributed by atoms with Gasteiger partial charge in [-0.15, -0.1) is 0 Å². The van der Waals surface area contributed by atoms with E-state index in [2.05, 4.69) is 15.9 Å². The average Bonchev–Trinajstić information content (AvgIpc) is 2.79. The molecule has 2 rings (SSSR count). The summed E-state index contributed by atoms with van der Waals surface area (Å²) in [6.07, 6.45) is 1.87. The molecule has 0 aliphatic rings. The molecule has 0 bridgehead atoms. The van der Waals surface area contributed by atoms with Crippen LogP contribution in [-0.2, 0) is 13.6 Å². The molecule has 4 nitrogen and oxygen atoms in total. The fourth-order valence-corrected chi connectivity index (χ4v) is 2.71. The Morgan fingerprint density at radius 3 is 2.71 bits per heavy atom. The number of carbonyl (C=O) groups excluding carboxylic acids is 1. The number of ether oxygens (including phenoxy) is 1. The van der Waals surface area contributed by atoms with Crippen LogP contribution < -0.4 is 4.74 Å². The minimum atomic E-state index is -0.0190. The van der Waals surface area contributed by atoms with Gasteiger partial charge in [0.2, 0.25) is 0 Å². The minimum absolute atomic E-state index is 0.0190. The Morgan fingerprint density at radius 2 is 2.10 bits per heavy atom. The second-order valence-corrected chi connectivity index (χ2v) is 5.77. The molecule has 0 fully saturated rings. The number of para-hydroxylation sites is 1. The number of hydrogen-bond donors (Lipinski definition) is 0. The van der Waals surface area contributed by atoms with Gasteiger partial charge in [0.15, 0.2) is 0 Å². The highest BCUT2D eigenvalue weighted by Gasteiger charge is 2.17. The lowest BCUT2D eigenvalue weighted by atomic mass is 10.2. The molecule has 1 aromatic carbocycles. The normalized spacial score (nSPS) is 10.5. The van der Waals surface area contributed by atoms with Crippen molar-refractivity contribution in [3.8, 4) is 5.75 Å². The van der Waals surface area contributed by atoms with Gasteiger partial charge in [-0.1, -0.05) is 18.2 Å². The van der Waals surface area contributed by atoms with Gasteiger partial charge in [0.05, 0.1) is 6.61 Å². The van der Waals surface area contributed by atoms with Gasteiger partial charge in [0.1, 0.15) is 11.4 Å². The van der Waals surface area contributed by atoms with Gasteiger partial charge in [-0.05, 0) is 35.0 Å². The number of nitrogens with zero attached hydrogens (tertiary/aromatic N) is 2. The maximum absolute atomic E-state index is 12.5. The number of rotatable bonds is 5. The van der Waals surface area contributed by atoms with Crippen molar-refractivity contribution in [1.29, 1.82) is 0 Å². The predicted octanol–water partition coefficient (Wildman–Crippen LogP) is 3.46. The molecule has 1 amide bonds. The largest absolute Gasteiger partial charge is 0.494 e. The molecule has 1 aromatic heterocycles. The van der Waals surface area contributed by atoms with Crippen molar-refractivity contribution in [2.24, 2.45) is 7.05 Å². The molecular weight excluding hydrogens is 332 g/mol. The van der Waals surface area contributed by atoms with Crippen LogP contribution in [0.1, 0.15) is 23.0 Å². The molecule has 5 heteroatoms. The molecular formula is C16H19BrN2O2. The molecule has 0 atom stereocenters. The van der Waals surface area contributed by atoms with Crippen molar-refractivity contribution in [2.45, 2.75) is 13.5 Å². The Morgan fingerprint density at radius 1 is 1.38 bits per heavy atom. The van der Waals surface area contributed by atoms with E-state index >= 15 is 0 Å². The molecule has 1 heterocycles. The smallest absolute Gasteiger partial charge is 0.270 e. The van der Waals surface area contributed by atoms with E-state index in [1.54, 1.807) is 11.9 Å². The zero-order valence-electron chi connectivity index (χ0n) is 12.5. The van der Waals surface area contributed by atoms with Gasteiger partial charge < -0.3 is 14.2 Å². The maximum atomic E-state index is 12.5. The van der Waals surface area contributed by atoms with Crippen molar-refractivity contribution < 1.29 is 9.53 Å². The van der Waals surface area contributed by atoms with E-state index in [1.807, 2.05) is 55.1 Å². The summed E-state index contributed by atoms with van der Waals surface area (Å²) in [4.78, 5) is 14.2. The highest BCUT2D eigenvalue weighted by molar-refractivity contribution is 9.10. The molecule has 0 aliphatic heterocycles. The van der Waals surface area contributed by atoms with Crippen molar-refractivity contribution in [1.82, 2.24) is 9.47 Å². The molecule has 0 N–H and O–H groups in total. The van der Waals surface area contributed by atoms with Gasteiger partial charge in [0, 0.05) is 36.9 Å². The number of aromatic nitrogens is 1. The third-order valence-electron chi connectivity index (χ3n) is 3.22. The molecule has 112 valence electrons. The van der Waals surface area contributed by atoms with Crippen LogP contribution in [0.25, 0.3) is 0 Å². The number of carbonyl (C=O) groups is 1.